The molecular formula is C12H10BrClN2O2S. The lowest BCUT2D eigenvalue weighted by Crippen LogP contribution is -2.27. The molecule has 0 fully saturated rings. The molecule has 7 heteroatoms. The Balaban J connectivity index is 2.45. The Labute approximate surface area is 125 Å². The van der Waals surface area contributed by atoms with Gasteiger partial charge in [0.1, 0.15) is 5.82 Å². The molecule has 0 N–H and O–H groups in total. The van der Waals surface area contributed by atoms with Crippen molar-refractivity contribution in [3.63, 3.8) is 0 Å². The molecule has 0 amide bonds. The molecule has 100 valence electrons. The van der Waals surface area contributed by atoms with Gasteiger partial charge in [0.2, 0.25) is 0 Å². The van der Waals surface area contributed by atoms with Crippen LogP contribution in [0.3, 0.4) is 0 Å². The number of benzene rings is 1. The fourth-order valence-corrected chi connectivity index (χ4v) is 3.28. The fourth-order valence-electron chi connectivity index (χ4n) is 1.46. The normalized spacial score (nSPS) is 11.3. The number of rotatable bonds is 3. The maximum absolute atomic E-state index is 12.4. The summed E-state index contributed by atoms with van der Waals surface area (Å²) < 4.78 is 26.5. The maximum atomic E-state index is 12.4. The van der Waals surface area contributed by atoms with Crippen molar-refractivity contribution in [2.75, 3.05) is 11.4 Å². The number of anilines is 1. The molecule has 1 heterocycles. The molecule has 0 saturated heterocycles. The minimum atomic E-state index is -3.65. The first-order valence-corrected chi connectivity index (χ1v) is 7.89. The van der Waals surface area contributed by atoms with Gasteiger partial charge in [-0.15, -0.1) is 0 Å². The van der Waals surface area contributed by atoms with Crippen LogP contribution < -0.4 is 4.31 Å². The third-order valence-corrected chi connectivity index (χ3v) is 5.49. The molecule has 1 aromatic heterocycles. The second-order valence-electron chi connectivity index (χ2n) is 3.74. The standard InChI is InChI=1S/C12H10BrClN2O2S/c1-16(12-4-2-3-7-15-12)19(17,18)9-5-6-11(14)10(13)8-9/h2-8H,1H3. The van der Waals surface area contributed by atoms with E-state index in [0.717, 1.165) is 4.31 Å². The van der Waals surface area contributed by atoms with Crippen LogP contribution in [0.2, 0.25) is 5.02 Å². The van der Waals surface area contributed by atoms with E-state index in [1.54, 1.807) is 24.4 Å². The molecule has 4 nitrogen and oxygen atoms in total. The Kier molecular flexibility index (Phi) is 4.13. The van der Waals surface area contributed by atoms with E-state index in [9.17, 15) is 8.42 Å². The van der Waals surface area contributed by atoms with Gasteiger partial charge in [0.25, 0.3) is 10.0 Å². The van der Waals surface area contributed by atoms with Crippen LogP contribution in [0.25, 0.3) is 0 Å². The highest BCUT2D eigenvalue weighted by Gasteiger charge is 2.22. The Morgan fingerprint density at radius 2 is 2.00 bits per heavy atom. The molecule has 2 aromatic rings. The quantitative estimate of drug-likeness (QED) is 0.842. The molecule has 0 spiro atoms. The summed E-state index contributed by atoms with van der Waals surface area (Å²) in [5, 5.41) is 0.458. The predicted octanol–water partition coefficient (Wildman–Crippen LogP) is 3.32. The Bertz CT molecular complexity index is 692. The highest BCUT2D eigenvalue weighted by atomic mass is 79.9. The van der Waals surface area contributed by atoms with E-state index in [0.29, 0.717) is 15.3 Å². The first kappa shape index (κ1) is 14.3. The predicted molar refractivity (Wildman–Crippen MR) is 79.0 cm³/mol. The van der Waals surface area contributed by atoms with Crippen LogP contribution in [0.5, 0.6) is 0 Å². The molecular weight excluding hydrogens is 352 g/mol. The largest absolute Gasteiger partial charge is 0.265 e. The van der Waals surface area contributed by atoms with Gasteiger partial charge in [-0.1, -0.05) is 17.7 Å². The number of halogens is 2. The van der Waals surface area contributed by atoms with Crippen molar-refractivity contribution in [2.45, 2.75) is 4.90 Å². The number of aromatic nitrogens is 1. The smallest absolute Gasteiger partial charge is 0.253 e. The third-order valence-electron chi connectivity index (χ3n) is 2.52. The molecule has 1 aromatic carbocycles. The van der Waals surface area contributed by atoms with E-state index >= 15 is 0 Å². The first-order valence-electron chi connectivity index (χ1n) is 5.28. The Morgan fingerprint density at radius 1 is 1.26 bits per heavy atom. The minimum absolute atomic E-state index is 0.150. The van der Waals surface area contributed by atoms with Gasteiger partial charge in [-0.25, -0.2) is 13.4 Å². The van der Waals surface area contributed by atoms with Gasteiger partial charge < -0.3 is 0 Å². The molecule has 0 aliphatic heterocycles. The summed E-state index contributed by atoms with van der Waals surface area (Å²) in [6.45, 7) is 0. The monoisotopic (exact) mass is 360 g/mol. The number of sulfonamides is 1. The molecule has 2 rings (SSSR count). The molecule has 0 bridgehead atoms. The van der Waals surface area contributed by atoms with Crippen LogP contribution in [0.4, 0.5) is 5.82 Å². The van der Waals surface area contributed by atoms with Crippen LogP contribution >= 0.6 is 27.5 Å². The zero-order valence-corrected chi connectivity index (χ0v) is 13.1. The summed E-state index contributed by atoms with van der Waals surface area (Å²) in [6.07, 6.45) is 1.54. The van der Waals surface area contributed by atoms with Crippen molar-refractivity contribution >= 4 is 43.4 Å². The van der Waals surface area contributed by atoms with Crippen LogP contribution in [0.1, 0.15) is 0 Å². The van der Waals surface area contributed by atoms with Crippen molar-refractivity contribution in [1.29, 1.82) is 0 Å². The second-order valence-corrected chi connectivity index (χ2v) is 6.97. The minimum Gasteiger partial charge on any atom is -0.253 e. The van der Waals surface area contributed by atoms with Crippen LogP contribution in [0.15, 0.2) is 52.0 Å². The summed E-state index contributed by atoms with van der Waals surface area (Å²) in [7, 11) is -2.19. The number of hydrogen-bond acceptors (Lipinski definition) is 3. The van der Waals surface area contributed by atoms with E-state index < -0.39 is 10.0 Å². The summed E-state index contributed by atoms with van der Waals surface area (Å²) in [4.78, 5) is 4.17. The van der Waals surface area contributed by atoms with Gasteiger partial charge in [-0.3, -0.25) is 4.31 Å². The lowest BCUT2D eigenvalue weighted by molar-refractivity contribution is 0.594. The van der Waals surface area contributed by atoms with Gasteiger partial charge in [-0.05, 0) is 46.3 Å². The van der Waals surface area contributed by atoms with E-state index in [1.807, 2.05) is 0 Å². The van der Waals surface area contributed by atoms with Crippen LogP contribution in [-0.2, 0) is 10.0 Å². The molecule has 0 aliphatic rings. The maximum Gasteiger partial charge on any atom is 0.265 e. The zero-order valence-electron chi connectivity index (χ0n) is 9.92. The first-order chi connectivity index (χ1) is 8.93. The molecule has 0 radical (unpaired) electrons. The molecule has 0 saturated carbocycles. The number of nitrogens with zero attached hydrogens (tertiary/aromatic N) is 2. The van der Waals surface area contributed by atoms with Crippen LogP contribution in [0, 0.1) is 0 Å². The van der Waals surface area contributed by atoms with Crippen LogP contribution in [-0.4, -0.2) is 20.4 Å². The average molecular weight is 362 g/mol. The molecule has 0 atom stereocenters. The molecule has 0 unspecified atom stereocenters. The van der Waals surface area contributed by atoms with Crippen molar-refractivity contribution in [1.82, 2.24) is 4.98 Å². The molecule has 19 heavy (non-hydrogen) atoms. The zero-order chi connectivity index (χ0) is 14.0. The number of pyridine rings is 1. The highest BCUT2D eigenvalue weighted by molar-refractivity contribution is 9.10. The SMILES string of the molecule is CN(c1ccccn1)S(=O)(=O)c1ccc(Cl)c(Br)c1. The molecule has 0 aliphatic carbocycles. The Morgan fingerprint density at radius 3 is 2.58 bits per heavy atom. The highest BCUT2D eigenvalue weighted by Crippen LogP contribution is 2.27. The van der Waals surface area contributed by atoms with Crippen molar-refractivity contribution in [2.24, 2.45) is 0 Å². The van der Waals surface area contributed by atoms with Crippen molar-refractivity contribution < 1.29 is 8.42 Å². The van der Waals surface area contributed by atoms with Crippen molar-refractivity contribution in [3.05, 3.63) is 52.1 Å². The van der Waals surface area contributed by atoms with Gasteiger partial charge in [-0.2, -0.15) is 0 Å². The fraction of sp³-hybridized carbons (Fsp3) is 0.0833. The summed E-state index contributed by atoms with van der Waals surface area (Å²) in [5.41, 5.74) is 0. The number of hydrogen-bond donors (Lipinski definition) is 0. The van der Waals surface area contributed by atoms with E-state index in [4.69, 9.17) is 11.6 Å². The Hall–Kier alpha value is -1.11. The van der Waals surface area contributed by atoms with Gasteiger partial charge in [0.15, 0.2) is 0 Å². The van der Waals surface area contributed by atoms with Gasteiger partial charge >= 0.3 is 0 Å². The van der Waals surface area contributed by atoms with Gasteiger partial charge in [0, 0.05) is 17.7 Å². The van der Waals surface area contributed by atoms with E-state index in [2.05, 4.69) is 20.9 Å². The summed E-state index contributed by atoms with van der Waals surface area (Å²) in [6, 6.07) is 9.54. The second kappa shape index (κ2) is 5.48. The lowest BCUT2D eigenvalue weighted by Gasteiger charge is -2.18. The topological polar surface area (TPSA) is 50.3 Å². The summed E-state index contributed by atoms with van der Waals surface area (Å²) >= 11 is 9.07. The van der Waals surface area contributed by atoms with Gasteiger partial charge in [0.05, 0.1) is 9.92 Å². The van der Waals surface area contributed by atoms with Crippen molar-refractivity contribution in [3.8, 4) is 0 Å². The third kappa shape index (κ3) is 2.91. The summed E-state index contributed by atoms with van der Waals surface area (Å²) in [5.74, 6) is 0.355. The average Bonchev–Trinajstić information content (AvgIpc) is 2.41. The van der Waals surface area contributed by atoms with E-state index in [1.165, 1.54) is 25.2 Å². The lowest BCUT2D eigenvalue weighted by atomic mass is 10.4. The van der Waals surface area contributed by atoms with E-state index in [-0.39, 0.29) is 4.90 Å².